The van der Waals surface area contributed by atoms with Crippen LogP contribution in [0.2, 0.25) is 0 Å². The van der Waals surface area contributed by atoms with Crippen LogP contribution in [0.1, 0.15) is 29.5 Å². The number of hydrogen-bond acceptors (Lipinski definition) is 1. The van der Waals surface area contributed by atoms with E-state index in [4.69, 9.17) is 0 Å². The van der Waals surface area contributed by atoms with E-state index in [-0.39, 0.29) is 0 Å². The SMILES string of the molecule is C1=Cc2ccccc2/C1=C(\[CH-]c1ccccc1)N1CCCC1. The van der Waals surface area contributed by atoms with Gasteiger partial charge in [-0.1, -0.05) is 53.6 Å². The van der Waals surface area contributed by atoms with Gasteiger partial charge in [0.25, 0.3) is 0 Å². The van der Waals surface area contributed by atoms with Gasteiger partial charge in [0, 0.05) is 13.1 Å². The highest BCUT2D eigenvalue weighted by molar-refractivity contribution is 5.92. The molecule has 2 aliphatic rings. The standard InChI is InChI=1S/C21H20N/c1-2-8-17(9-3-1)16-21(22-14-6-7-15-22)20-13-12-18-10-4-5-11-19(18)20/h1-5,8-13,16H,6-7,14-15H2/q-1/b21-20+. The number of fused-ring (bicyclic) bond motifs is 1. The van der Waals surface area contributed by atoms with E-state index in [0.717, 1.165) is 13.1 Å². The minimum absolute atomic E-state index is 1.16. The first-order valence-electron chi connectivity index (χ1n) is 8.08. The molecule has 2 aromatic rings. The summed E-state index contributed by atoms with van der Waals surface area (Å²) in [5, 5.41) is 0. The third kappa shape index (κ3) is 2.43. The van der Waals surface area contributed by atoms with E-state index in [9.17, 15) is 0 Å². The molecule has 0 atom stereocenters. The van der Waals surface area contributed by atoms with Gasteiger partial charge in [0.1, 0.15) is 0 Å². The van der Waals surface area contributed by atoms with Crippen molar-refractivity contribution in [3.8, 4) is 0 Å². The second-order valence-electron chi connectivity index (χ2n) is 5.97. The van der Waals surface area contributed by atoms with E-state index >= 15 is 0 Å². The topological polar surface area (TPSA) is 3.24 Å². The lowest BCUT2D eigenvalue weighted by atomic mass is 9.99. The first kappa shape index (κ1) is 13.3. The van der Waals surface area contributed by atoms with Gasteiger partial charge in [0.05, 0.1) is 0 Å². The number of hydrogen-bond donors (Lipinski definition) is 0. The summed E-state index contributed by atoms with van der Waals surface area (Å²) < 4.78 is 0. The summed E-state index contributed by atoms with van der Waals surface area (Å²) in [6.45, 7) is 2.33. The van der Waals surface area contributed by atoms with Crippen molar-refractivity contribution in [3.05, 3.63) is 89.5 Å². The normalized spacial score (nSPS) is 18.5. The molecule has 1 nitrogen and oxygen atoms in total. The lowest BCUT2D eigenvalue weighted by Crippen LogP contribution is -2.20. The lowest BCUT2D eigenvalue weighted by Gasteiger charge is -2.29. The summed E-state index contributed by atoms with van der Waals surface area (Å²) in [7, 11) is 0. The number of allylic oxidation sites excluding steroid dienone is 3. The van der Waals surface area contributed by atoms with Crippen LogP contribution in [-0.2, 0) is 0 Å². The zero-order chi connectivity index (χ0) is 14.8. The molecule has 1 aliphatic carbocycles. The second kappa shape index (κ2) is 5.76. The minimum Gasteiger partial charge on any atom is -0.387 e. The average molecular weight is 286 g/mol. The molecule has 0 radical (unpaired) electrons. The fourth-order valence-corrected chi connectivity index (χ4v) is 3.38. The Labute approximate surface area is 132 Å². The van der Waals surface area contributed by atoms with Crippen LogP contribution >= 0.6 is 0 Å². The molecule has 1 aliphatic heterocycles. The smallest absolute Gasteiger partial charge is 0.0163 e. The fourth-order valence-electron chi connectivity index (χ4n) is 3.38. The first-order valence-corrected chi connectivity index (χ1v) is 8.08. The molecule has 1 saturated heterocycles. The molecule has 1 fully saturated rings. The molecule has 1 heterocycles. The predicted molar refractivity (Wildman–Crippen MR) is 93.0 cm³/mol. The Morgan fingerprint density at radius 3 is 2.36 bits per heavy atom. The molecular formula is C21H20N-. The minimum atomic E-state index is 1.16. The maximum Gasteiger partial charge on any atom is 0.0163 e. The molecule has 4 rings (SSSR count). The Hall–Kier alpha value is -2.41. The Morgan fingerprint density at radius 1 is 0.818 bits per heavy atom. The van der Waals surface area contributed by atoms with E-state index < -0.39 is 0 Å². The summed E-state index contributed by atoms with van der Waals surface area (Å²) in [4.78, 5) is 2.54. The van der Waals surface area contributed by atoms with Crippen molar-refractivity contribution in [2.75, 3.05) is 13.1 Å². The van der Waals surface area contributed by atoms with Crippen LogP contribution in [0.3, 0.4) is 0 Å². The molecule has 22 heavy (non-hydrogen) atoms. The number of likely N-dealkylation sites (tertiary alicyclic amines) is 1. The summed E-state index contributed by atoms with van der Waals surface area (Å²) in [5.74, 6) is 0. The molecule has 0 saturated carbocycles. The summed E-state index contributed by atoms with van der Waals surface area (Å²) in [6, 6.07) is 19.3. The van der Waals surface area contributed by atoms with Crippen LogP contribution in [-0.4, -0.2) is 18.0 Å². The zero-order valence-corrected chi connectivity index (χ0v) is 12.7. The van der Waals surface area contributed by atoms with Gasteiger partial charge >= 0.3 is 0 Å². The van der Waals surface area contributed by atoms with Crippen molar-refractivity contribution in [3.63, 3.8) is 0 Å². The van der Waals surface area contributed by atoms with Crippen molar-refractivity contribution in [1.29, 1.82) is 0 Å². The van der Waals surface area contributed by atoms with Gasteiger partial charge < -0.3 is 4.90 Å². The van der Waals surface area contributed by atoms with Gasteiger partial charge in [-0.25, -0.2) is 0 Å². The molecule has 0 N–H and O–H groups in total. The zero-order valence-electron chi connectivity index (χ0n) is 12.7. The molecule has 110 valence electrons. The van der Waals surface area contributed by atoms with Gasteiger partial charge in [-0.05, 0) is 24.1 Å². The molecule has 0 aromatic heterocycles. The van der Waals surface area contributed by atoms with E-state index in [2.05, 4.69) is 78.1 Å². The number of benzene rings is 2. The Morgan fingerprint density at radius 2 is 1.55 bits per heavy atom. The van der Waals surface area contributed by atoms with Crippen LogP contribution < -0.4 is 0 Å². The molecule has 0 unspecified atom stereocenters. The van der Waals surface area contributed by atoms with Crippen LogP contribution in [0, 0.1) is 6.42 Å². The van der Waals surface area contributed by atoms with Gasteiger partial charge in [0.2, 0.25) is 0 Å². The highest BCUT2D eigenvalue weighted by Gasteiger charge is 2.17. The van der Waals surface area contributed by atoms with Crippen LogP contribution in [0.15, 0.2) is 66.4 Å². The van der Waals surface area contributed by atoms with Crippen molar-refractivity contribution in [2.24, 2.45) is 0 Å². The van der Waals surface area contributed by atoms with Gasteiger partial charge in [-0.2, -0.15) is 0 Å². The first-order chi connectivity index (χ1) is 10.9. The third-order valence-electron chi connectivity index (χ3n) is 4.51. The van der Waals surface area contributed by atoms with E-state index in [1.807, 2.05) is 0 Å². The molecule has 0 amide bonds. The molecule has 1 heteroatoms. The van der Waals surface area contributed by atoms with E-state index in [1.54, 1.807) is 0 Å². The summed E-state index contributed by atoms with van der Waals surface area (Å²) in [6.07, 6.45) is 9.44. The lowest BCUT2D eigenvalue weighted by molar-refractivity contribution is 0.436. The van der Waals surface area contributed by atoms with Gasteiger partial charge in [0.15, 0.2) is 0 Å². The van der Waals surface area contributed by atoms with Gasteiger partial charge in [-0.15, -0.1) is 36.2 Å². The fraction of sp³-hybridized carbons (Fsp3) is 0.190. The van der Waals surface area contributed by atoms with Crippen LogP contribution in [0.4, 0.5) is 0 Å². The average Bonchev–Trinajstić information content (AvgIpc) is 3.24. The molecule has 2 aromatic carbocycles. The molecular weight excluding hydrogens is 266 g/mol. The monoisotopic (exact) mass is 286 g/mol. The molecule has 0 bridgehead atoms. The number of nitrogens with zero attached hydrogens (tertiary/aromatic N) is 1. The maximum atomic E-state index is 2.54. The third-order valence-corrected chi connectivity index (χ3v) is 4.51. The predicted octanol–water partition coefficient (Wildman–Crippen LogP) is 4.77. The Balaban J connectivity index is 1.78. The highest BCUT2D eigenvalue weighted by Crippen LogP contribution is 2.35. The highest BCUT2D eigenvalue weighted by atomic mass is 15.1. The van der Waals surface area contributed by atoms with Crippen molar-refractivity contribution < 1.29 is 0 Å². The van der Waals surface area contributed by atoms with Crippen molar-refractivity contribution in [2.45, 2.75) is 12.8 Å². The van der Waals surface area contributed by atoms with E-state index in [1.165, 1.54) is 40.8 Å². The van der Waals surface area contributed by atoms with Crippen molar-refractivity contribution in [1.82, 2.24) is 4.90 Å². The van der Waals surface area contributed by atoms with E-state index in [0.29, 0.717) is 0 Å². The molecule has 0 spiro atoms. The second-order valence-corrected chi connectivity index (χ2v) is 5.97. The summed E-state index contributed by atoms with van der Waals surface area (Å²) >= 11 is 0. The number of rotatable bonds is 3. The Kier molecular flexibility index (Phi) is 3.48. The van der Waals surface area contributed by atoms with Gasteiger partial charge in [-0.3, -0.25) is 0 Å². The van der Waals surface area contributed by atoms with Crippen LogP contribution in [0.5, 0.6) is 0 Å². The summed E-state index contributed by atoms with van der Waals surface area (Å²) in [5.41, 5.74) is 6.69. The van der Waals surface area contributed by atoms with Crippen molar-refractivity contribution >= 4 is 11.6 Å². The largest absolute Gasteiger partial charge is 0.387 e. The maximum absolute atomic E-state index is 2.54. The van der Waals surface area contributed by atoms with Crippen LogP contribution in [0.25, 0.3) is 11.6 Å². The quantitative estimate of drug-likeness (QED) is 0.734. The Bertz CT molecular complexity index is 719.